The first-order chi connectivity index (χ1) is 5.54. The van der Waals surface area contributed by atoms with Crippen molar-refractivity contribution >= 4 is 0 Å². The van der Waals surface area contributed by atoms with E-state index in [1.165, 1.54) is 0 Å². The lowest BCUT2D eigenvalue weighted by atomic mass is 9.82. The van der Waals surface area contributed by atoms with Gasteiger partial charge in [-0.1, -0.05) is 0 Å². The van der Waals surface area contributed by atoms with E-state index < -0.39 is 12.1 Å². The maximum atomic E-state index is 12.1. The van der Waals surface area contributed by atoms with Crippen molar-refractivity contribution in [1.82, 2.24) is 0 Å². The molecule has 0 unspecified atom stereocenters. The molecular weight excluding hydrogens is 167 g/mol. The van der Waals surface area contributed by atoms with Crippen LogP contribution in [0.25, 0.3) is 0 Å². The molecule has 1 aliphatic rings. The smallest absolute Gasteiger partial charge is 0.330 e. The topological polar surface area (TPSA) is 26.0 Å². The summed E-state index contributed by atoms with van der Waals surface area (Å²) in [4.78, 5) is 0. The molecule has 0 bridgehead atoms. The number of nitrogens with two attached hydrogens (primary N) is 1. The lowest BCUT2D eigenvalue weighted by Crippen LogP contribution is -2.29. The minimum absolute atomic E-state index is 0.269. The summed E-state index contributed by atoms with van der Waals surface area (Å²) in [6.45, 7) is 0.532. The van der Waals surface area contributed by atoms with E-state index in [9.17, 15) is 13.2 Å². The molecule has 0 atom stereocenters. The molecule has 12 heavy (non-hydrogen) atoms. The molecule has 0 spiro atoms. The van der Waals surface area contributed by atoms with E-state index in [2.05, 4.69) is 0 Å². The second-order valence-electron chi connectivity index (χ2n) is 3.49. The van der Waals surface area contributed by atoms with Gasteiger partial charge in [-0.25, -0.2) is 0 Å². The van der Waals surface area contributed by atoms with Crippen molar-refractivity contribution in [2.75, 3.05) is 6.54 Å². The Morgan fingerprint density at radius 3 is 1.92 bits per heavy atom. The van der Waals surface area contributed by atoms with Crippen molar-refractivity contribution in [3.8, 4) is 0 Å². The van der Waals surface area contributed by atoms with Crippen LogP contribution in [0.1, 0.15) is 25.7 Å². The maximum Gasteiger partial charge on any atom is 0.391 e. The van der Waals surface area contributed by atoms with Gasteiger partial charge in [0.1, 0.15) is 0 Å². The van der Waals surface area contributed by atoms with Crippen LogP contribution in [-0.4, -0.2) is 12.7 Å². The molecule has 0 aromatic heterocycles. The molecule has 0 radical (unpaired) electrons. The van der Waals surface area contributed by atoms with E-state index in [0.717, 1.165) is 0 Å². The van der Waals surface area contributed by atoms with Gasteiger partial charge < -0.3 is 5.73 Å². The highest BCUT2D eigenvalue weighted by molar-refractivity contribution is 4.77. The van der Waals surface area contributed by atoms with Crippen LogP contribution in [0.4, 0.5) is 13.2 Å². The normalized spacial score (nSPS) is 32.0. The largest absolute Gasteiger partial charge is 0.391 e. The van der Waals surface area contributed by atoms with E-state index >= 15 is 0 Å². The summed E-state index contributed by atoms with van der Waals surface area (Å²) in [7, 11) is 0. The zero-order valence-corrected chi connectivity index (χ0v) is 6.90. The molecule has 1 saturated carbocycles. The molecule has 0 saturated heterocycles. The van der Waals surface area contributed by atoms with Gasteiger partial charge in [-0.15, -0.1) is 0 Å². The van der Waals surface area contributed by atoms with Crippen molar-refractivity contribution in [3.05, 3.63) is 0 Å². The number of halogens is 3. The molecule has 1 nitrogen and oxygen atoms in total. The first-order valence-electron chi connectivity index (χ1n) is 4.31. The number of alkyl halides is 3. The fourth-order valence-corrected chi connectivity index (χ4v) is 1.73. The fraction of sp³-hybridized carbons (Fsp3) is 1.00. The van der Waals surface area contributed by atoms with Crippen molar-refractivity contribution < 1.29 is 13.2 Å². The van der Waals surface area contributed by atoms with Gasteiger partial charge in [0, 0.05) is 0 Å². The monoisotopic (exact) mass is 181 g/mol. The average Bonchev–Trinajstić information content (AvgIpc) is 2.03. The van der Waals surface area contributed by atoms with Gasteiger partial charge in [0.2, 0.25) is 0 Å². The van der Waals surface area contributed by atoms with Crippen LogP contribution in [0.15, 0.2) is 0 Å². The highest BCUT2D eigenvalue weighted by Gasteiger charge is 2.40. The second kappa shape index (κ2) is 3.64. The Labute approximate surface area is 70.1 Å². The lowest BCUT2D eigenvalue weighted by Gasteiger charge is -2.28. The highest BCUT2D eigenvalue weighted by atomic mass is 19.4. The van der Waals surface area contributed by atoms with Gasteiger partial charge in [0.05, 0.1) is 5.92 Å². The molecule has 0 aliphatic heterocycles. The summed E-state index contributed by atoms with van der Waals surface area (Å²) in [5.74, 6) is -0.746. The number of hydrogen-bond donors (Lipinski definition) is 1. The summed E-state index contributed by atoms with van der Waals surface area (Å²) in [6, 6.07) is 0. The Morgan fingerprint density at radius 2 is 1.58 bits per heavy atom. The van der Waals surface area contributed by atoms with E-state index in [1.54, 1.807) is 0 Å². The predicted octanol–water partition coefficient (Wildman–Crippen LogP) is 2.31. The first kappa shape index (κ1) is 9.84. The lowest BCUT2D eigenvalue weighted by molar-refractivity contribution is -0.183. The predicted molar refractivity (Wildman–Crippen MR) is 40.6 cm³/mol. The number of rotatable bonds is 1. The van der Waals surface area contributed by atoms with Gasteiger partial charge in [-0.3, -0.25) is 0 Å². The van der Waals surface area contributed by atoms with Gasteiger partial charge in [0.25, 0.3) is 0 Å². The van der Waals surface area contributed by atoms with Crippen LogP contribution in [0.3, 0.4) is 0 Å². The summed E-state index contributed by atoms with van der Waals surface area (Å²) in [5, 5.41) is 0. The van der Waals surface area contributed by atoms with Crippen LogP contribution >= 0.6 is 0 Å². The second-order valence-corrected chi connectivity index (χ2v) is 3.49. The fourth-order valence-electron chi connectivity index (χ4n) is 1.73. The van der Waals surface area contributed by atoms with Crippen LogP contribution in [0, 0.1) is 11.8 Å². The number of hydrogen-bond acceptors (Lipinski definition) is 1. The van der Waals surface area contributed by atoms with Gasteiger partial charge in [-0.2, -0.15) is 13.2 Å². The van der Waals surface area contributed by atoms with E-state index in [0.29, 0.717) is 25.3 Å². The minimum Gasteiger partial charge on any atom is -0.330 e. The summed E-state index contributed by atoms with van der Waals surface area (Å²) < 4.78 is 36.4. The van der Waals surface area contributed by atoms with E-state index in [1.807, 2.05) is 0 Å². The Morgan fingerprint density at radius 1 is 1.08 bits per heavy atom. The third-order valence-electron chi connectivity index (χ3n) is 2.64. The van der Waals surface area contributed by atoms with Gasteiger partial charge in [0.15, 0.2) is 0 Å². The summed E-state index contributed by atoms with van der Waals surface area (Å²) in [6.07, 6.45) is -2.17. The van der Waals surface area contributed by atoms with E-state index in [4.69, 9.17) is 5.73 Å². The van der Waals surface area contributed by atoms with Gasteiger partial charge >= 0.3 is 6.18 Å². The maximum absolute atomic E-state index is 12.1. The Balaban J connectivity index is 2.36. The average molecular weight is 181 g/mol. The third-order valence-corrected chi connectivity index (χ3v) is 2.64. The molecule has 4 heteroatoms. The molecular formula is C8H14F3N. The Hall–Kier alpha value is -0.250. The third kappa shape index (κ3) is 2.37. The minimum atomic E-state index is -3.99. The molecule has 0 heterocycles. The zero-order valence-electron chi connectivity index (χ0n) is 6.90. The molecule has 2 N–H and O–H groups in total. The van der Waals surface area contributed by atoms with Crippen LogP contribution in [0.5, 0.6) is 0 Å². The van der Waals surface area contributed by atoms with Crippen LogP contribution < -0.4 is 5.73 Å². The zero-order chi connectivity index (χ0) is 9.19. The van der Waals surface area contributed by atoms with Gasteiger partial charge in [-0.05, 0) is 38.1 Å². The molecule has 0 amide bonds. The summed E-state index contributed by atoms with van der Waals surface area (Å²) >= 11 is 0. The SMILES string of the molecule is NCC1CCC(C(F)(F)F)CC1. The van der Waals surface area contributed by atoms with Crippen LogP contribution in [0.2, 0.25) is 0 Å². The van der Waals surface area contributed by atoms with E-state index in [-0.39, 0.29) is 12.8 Å². The molecule has 0 aromatic carbocycles. The molecule has 1 fully saturated rings. The van der Waals surface area contributed by atoms with Crippen molar-refractivity contribution in [2.45, 2.75) is 31.9 Å². The van der Waals surface area contributed by atoms with Crippen molar-refractivity contribution in [3.63, 3.8) is 0 Å². The molecule has 72 valence electrons. The quantitative estimate of drug-likeness (QED) is 0.660. The van der Waals surface area contributed by atoms with Crippen molar-refractivity contribution in [1.29, 1.82) is 0 Å². The summed E-state index contributed by atoms with van der Waals surface area (Å²) in [5.41, 5.74) is 5.38. The first-order valence-corrected chi connectivity index (χ1v) is 4.31. The molecule has 0 aromatic rings. The van der Waals surface area contributed by atoms with Crippen LogP contribution in [-0.2, 0) is 0 Å². The standard InChI is InChI=1S/C8H14F3N/c9-8(10,11)7-3-1-6(5-12)2-4-7/h6-7H,1-5,12H2. The molecule has 1 rings (SSSR count). The highest BCUT2D eigenvalue weighted by Crippen LogP contribution is 2.38. The molecule has 1 aliphatic carbocycles. The Bertz CT molecular complexity index is 136. The van der Waals surface area contributed by atoms with Crippen molar-refractivity contribution in [2.24, 2.45) is 17.6 Å². The Kier molecular flexibility index (Phi) is 2.99.